The van der Waals surface area contributed by atoms with Crippen LogP contribution in [0.25, 0.3) is 11.0 Å². The van der Waals surface area contributed by atoms with Crippen molar-refractivity contribution in [3.05, 3.63) is 43.1 Å². The fourth-order valence-electron chi connectivity index (χ4n) is 3.15. The molecule has 4 nitrogen and oxygen atoms in total. The second kappa shape index (κ2) is 6.77. The lowest BCUT2D eigenvalue weighted by Crippen LogP contribution is -2.44. The zero-order valence-electron chi connectivity index (χ0n) is 12.8. The molecule has 0 spiro atoms. The van der Waals surface area contributed by atoms with E-state index >= 15 is 0 Å². The summed E-state index contributed by atoms with van der Waals surface area (Å²) >= 11 is 6.80. The summed E-state index contributed by atoms with van der Waals surface area (Å²) in [5.41, 5.74) is -0.00534. The molecule has 1 aromatic carbocycles. The number of hydrogen-bond donors (Lipinski definition) is 0. The summed E-state index contributed by atoms with van der Waals surface area (Å²) in [5, 5.41) is 0.722. The molecule has 23 heavy (non-hydrogen) atoms. The van der Waals surface area contributed by atoms with Gasteiger partial charge >= 0.3 is 5.63 Å². The fraction of sp³-hybridized carbons (Fsp3) is 0.412. The van der Waals surface area contributed by atoms with E-state index in [1.165, 1.54) is 0 Å². The summed E-state index contributed by atoms with van der Waals surface area (Å²) in [6.07, 6.45) is 4.02. The van der Waals surface area contributed by atoms with Crippen molar-refractivity contribution in [1.29, 1.82) is 0 Å². The second-order valence-corrected chi connectivity index (χ2v) is 7.58. The number of fused-ring (bicyclic) bond motifs is 1. The number of carbonyl (C=O) groups is 1. The van der Waals surface area contributed by atoms with Gasteiger partial charge in [-0.1, -0.05) is 22.9 Å². The molecule has 1 fully saturated rings. The molecule has 2 aromatic rings. The topological polar surface area (TPSA) is 50.5 Å². The van der Waals surface area contributed by atoms with Gasteiger partial charge < -0.3 is 9.32 Å². The summed E-state index contributed by atoms with van der Waals surface area (Å²) < 4.78 is 6.93. The Morgan fingerprint density at radius 3 is 2.83 bits per heavy atom. The zero-order chi connectivity index (χ0) is 16.6. The predicted molar refractivity (Wildman–Crippen MR) is 96.9 cm³/mol. The van der Waals surface area contributed by atoms with Crippen LogP contribution in [0.5, 0.6) is 0 Å². The van der Waals surface area contributed by atoms with Crippen molar-refractivity contribution in [3.63, 3.8) is 0 Å². The Labute approximate surface area is 151 Å². The van der Waals surface area contributed by atoms with Gasteiger partial charge in [0, 0.05) is 22.4 Å². The summed E-state index contributed by atoms with van der Waals surface area (Å²) in [5.74, 6) is -0.219. The third kappa shape index (κ3) is 3.24. The first-order valence-corrected chi connectivity index (χ1v) is 9.33. The van der Waals surface area contributed by atoms with Gasteiger partial charge in [0.25, 0.3) is 5.91 Å². The summed E-state index contributed by atoms with van der Waals surface area (Å²) in [6, 6.07) is 5.50. The second-order valence-electron chi connectivity index (χ2n) is 5.81. The molecule has 122 valence electrons. The molecule has 0 saturated carbocycles. The van der Waals surface area contributed by atoms with Crippen LogP contribution < -0.4 is 5.63 Å². The molecule has 1 aliphatic rings. The first-order chi connectivity index (χ1) is 11.0. The highest BCUT2D eigenvalue weighted by Crippen LogP contribution is 2.29. The van der Waals surface area contributed by atoms with E-state index in [0.717, 1.165) is 35.5 Å². The Morgan fingerprint density at radius 2 is 2.09 bits per heavy atom. The highest BCUT2D eigenvalue weighted by atomic mass is 79.9. The summed E-state index contributed by atoms with van der Waals surface area (Å²) in [4.78, 5) is 27.0. The predicted octanol–water partition coefficient (Wildman–Crippen LogP) is 4.72. The minimum atomic E-state index is -0.578. The number of halogens is 2. The Bertz CT molecular complexity index is 815. The number of likely N-dealkylation sites (tertiary alicyclic amines) is 1. The van der Waals surface area contributed by atoms with Gasteiger partial charge in [0.05, 0.1) is 4.47 Å². The molecule has 6 heteroatoms. The lowest BCUT2D eigenvalue weighted by molar-refractivity contribution is 0.0604. The standard InChI is InChI=1S/C17H17Br2NO3/c1-2-12-5-3-4-6-20(12)16(21)13-8-10-7-11(18)9-14(19)15(10)23-17(13)22/h7-9,12H,2-6H2,1H3/t12-/m0/s1. The van der Waals surface area contributed by atoms with Crippen molar-refractivity contribution in [2.45, 2.75) is 38.6 Å². The molecule has 1 atom stereocenters. The van der Waals surface area contributed by atoms with Crippen molar-refractivity contribution in [3.8, 4) is 0 Å². The summed E-state index contributed by atoms with van der Waals surface area (Å²) in [7, 11) is 0. The van der Waals surface area contributed by atoms with Crippen LogP contribution in [0.3, 0.4) is 0 Å². The molecular weight excluding hydrogens is 426 g/mol. The molecule has 0 bridgehead atoms. The smallest absolute Gasteiger partial charge is 0.349 e. The van der Waals surface area contributed by atoms with Gasteiger partial charge in [-0.05, 0) is 59.8 Å². The van der Waals surface area contributed by atoms with Gasteiger partial charge in [-0.2, -0.15) is 0 Å². The fourth-order valence-corrected chi connectivity index (χ4v) is 4.49. The maximum Gasteiger partial charge on any atom is 0.349 e. The van der Waals surface area contributed by atoms with E-state index < -0.39 is 5.63 Å². The Kier molecular flexibility index (Phi) is 4.92. The van der Waals surface area contributed by atoms with Gasteiger partial charge in [-0.15, -0.1) is 0 Å². The van der Waals surface area contributed by atoms with Gasteiger partial charge in [-0.25, -0.2) is 4.79 Å². The van der Waals surface area contributed by atoms with Gasteiger partial charge in [0.15, 0.2) is 5.58 Å². The molecule has 0 unspecified atom stereocenters. The largest absolute Gasteiger partial charge is 0.421 e. The molecular formula is C17H17Br2NO3. The number of rotatable bonds is 2. The highest BCUT2D eigenvalue weighted by Gasteiger charge is 2.28. The van der Waals surface area contributed by atoms with Crippen LogP contribution >= 0.6 is 31.9 Å². The number of carbonyl (C=O) groups excluding carboxylic acids is 1. The first-order valence-electron chi connectivity index (χ1n) is 7.75. The van der Waals surface area contributed by atoms with Crippen LogP contribution in [0.15, 0.2) is 36.4 Å². The van der Waals surface area contributed by atoms with Gasteiger partial charge in [0.1, 0.15) is 5.56 Å². The molecule has 1 saturated heterocycles. The molecule has 0 radical (unpaired) electrons. The monoisotopic (exact) mass is 441 g/mol. The lowest BCUT2D eigenvalue weighted by atomic mass is 9.99. The average molecular weight is 443 g/mol. The summed E-state index contributed by atoms with van der Waals surface area (Å²) in [6.45, 7) is 2.78. The number of hydrogen-bond acceptors (Lipinski definition) is 3. The van der Waals surface area contributed by atoms with Crippen molar-refractivity contribution in [2.75, 3.05) is 6.54 Å². The maximum absolute atomic E-state index is 12.8. The van der Waals surface area contributed by atoms with Crippen LogP contribution in [0.2, 0.25) is 0 Å². The highest BCUT2D eigenvalue weighted by molar-refractivity contribution is 9.11. The Balaban J connectivity index is 2.06. The van der Waals surface area contributed by atoms with E-state index in [4.69, 9.17) is 4.42 Å². The van der Waals surface area contributed by atoms with Crippen LogP contribution in [0, 0.1) is 0 Å². The van der Waals surface area contributed by atoms with Crippen LogP contribution in [-0.4, -0.2) is 23.4 Å². The molecule has 2 heterocycles. The minimum absolute atomic E-state index is 0.114. The number of piperidine rings is 1. The van der Waals surface area contributed by atoms with Gasteiger partial charge in [0.2, 0.25) is 0 Å². The number of nitrogens with zero attached hydrogens (tertiary/aromatic N) is 1. The third-order valence-electron chi connectivity index (χ3n) is 4.34. The van der Waals surface area contributed by atoms with E-state index in [0.29, 0.717) is 16.6 Å². The maximum atomic E-state index is 12.8. The molecule has 3 rings (SSSR count). The molecule has 1 aliphatic heterocycles. The number of benzene rings is 1. The lowest BCUT2D eigenvalue weighted by Gasteiger charge is -2.35. The molecule has 0 N–H and O–H groups in total. The van der Waals surface area contributed by atoms with E-state index in [2.05, 4.69) is 38.8 Å². The quantitative estimate of drug-likeness (QED) is 0.632. The van der Waals surface area contributed by atoms with Crippen LogP contribution in [-0.2, 0) is 0 Å². The first kappa shape index (κ1) is 16.7. The van der Waals surface area contributed by atoms with E-state index in [1.807, 2.05) is 17.0 Å². The van der Waals surface area contributed by atoms with Crippen molar-refractivity contribution >= 4 is 48.7 Å². The van der Waals surface area contributed by atoms with E-state index in [1.54, 1.807) is 6.07 Å². The molecule has 0 aliphatic carbocycles. The van der Waals surface area contributed by atoms with E-state index in [-0.39, 0.29) is 17.5 Å². The minimum Gasteiger partial charge on any atom is -0.421 e. The molecule has 1 amide bonds. The SMILES string of the molecule is CC[C@H]1CCCCN1C(=O)c1cc2cc(Br)cc(Br)c2oc1=O. The third-order valence-corrected chi connectivity index (χ3v) is 5.39. The van der Waals surface area contributed by atoms with Crippen molar-refractivity contribution < 1.29 is 9.21 Å². The molecule has 1 aromatic heterocycles. The average Bonchev–Trinajstić information content (AvgIpc) is 2.54. The zero-order valence-corrected chi connectivity index (χ0v) is 15.9. The van der Waals surface area contributed by atoms with Crippen LogP contribution in [0.1, 0.15) is 43.0 Å². The van der Waals surface area contributed by atoms with Crippen molar-refractivity contribution in [1.82, 2.24) is 4.90 Å². The van der Waals surface area contributed by atoms with Crippen molar-refractivity contribution in [2.24, 2.45) is 0 Å². The van der Waals surface area contributed by atoms with Gasteiger partial charge in [-0.3, -0.25) is 4.79 Å². The number of amides is 1. The Hall–Kier alpha value is -1.14. The normalized spacial score (nSPS) is 18.4. The van der Waals surface area contributed by atoms with Crippen LogP contribution in [0.4, 0.5) is 0 Å². The Morgan fingerprint density at radius 1 is 1.30 bits per heavy atom. The van der Waals surface area contributed by atoms with E-state index in [9.17, 15) is 9.59 Å².